The summed E-state index contributed by atoms with van der Waals surface area (Å²) < 4.78 is 27.6. The van der Waals surface area contributed by atoms with Crippen molar-refractivity contribution in [3.8, 4) is 5.75 Å². The summed E-state index contributed by atoms with van der Waals surface area (Å²) in [5.74, 6) is 0.100. The quantitative estimate of drug-likeness (QED) is 0.548. The molecule has 0 spiro atoms. The van der Waals surface area contributed by atoms with Gasteiger partial charge in [0.15, 0.2) is 0 Å². The summed E-state index contributed by atoms with van der Waals surface area (Å²) in [4.78, 5) is 9.98. The Labute approximate surface area is 79.8 Å². The summed E-state index contributed by atoms with van der Waals surface area (Å²) in [6.07, 6.45) is 3.53. The molecule has 0 unspecified atom stereocenters. The Bertz CT molecular complexity index is 317. The number of carbonyl (C=O) groups excluding carboxylic acids is 1. The average molecular weight is 198 g/mol. The van der Waals surface area contributed by atoms with Gasteiger partial charge in [-0.3, -0.25) is 4.79 Å². The second-order valence-corrected chi connectivity index (χ2v) is 2.44. The number of hydrogen-bond acceptors (Lipinski definition) is 2. The first-order valence-electron chi connectivity index (χ1n) is 3.89. The van der Waals surface area contributed by atoms with Gasteiger partial charge in [-0.05, 0) is 23.8 Å². The summed E-state index contributed by atoms with van der Waals surface area (Å²) in [5, 5.41) is 0. The van der Waals surface area contributed by atoms with Crippen LogP contribution in [-0.4, -0.2) is 12.9 Å². The molecule has 0 aliphatic rings. The van der Waals surface area contributed by atoms with E-state index in [1.165, 1.54) is 18.2 Å². The van der Waals surface area contributed by atoms with E-state index < -0.39 is 6.61 Å². The van der Waals surface area contributed by atoms with E-state index in [9.17, 15) is 13.6 Å². The van der Waals surface area contributed by atoms with E-state index in [4.69, 9.17) is 0 Å². The summed E-state index contributed by atoms with van der Waals surface area (Å²) >= 11 is 0. The lowest BCUT2D eigenvalue weighted by Gasteiger charge is -2.03. The smallest absolute Gasteiger partial charge is 0.387 e. The summed E-state index contributed by atoms with van der Waals surface area (Å²) in [6.45, 7) is -2.81. The van der Waals surface area contributed by atoms with Crippen LogP contribution in [0.5, 0.6) is 5.75 Å². The van der Waals surface area contributed by atoms with Crippen LogP contribution in [0.25, 0.3) is 6.08 Å². The van der Waals surface area contributed by atoms with Crippen LogP contribution in [0.1, 0.15) is 5.56 Å². The lowest BCUT2D eigenvalue weighted by Crippen LogP contribution is -2.01. The van der Waals surface area contributed by atoms with Gasteiger partial charge in [0.05, 0.1) is 0 Å². The minimum Gasteiger partial charge on any atom is -0.435 e. The fourth-order valence-electron chi connectivity index (χ4n) is 0.911. The predicted octanol–water partition coefficient (Wildman–Crippen LogP) is 2.50. The molecule has 0 heterocycles. The predicted molar refractivity (Wildman–Crippen MR) is 48.2 cm³/mol. The third-order valence-corrected chi connectivity index (χ3v) is 1.47. The Kier molecular flexibility index (Phi) is 3.79. The number of allylic oxidation sites excluding steroid dienone is 1. The zero-order chi connectivity index (χ0) is 10.4. The molecule has 0 N–H and O–H groups in total. The van der Waals surface area contributed by atoms with Crippen molar-refractivity contribution in [1.29, 1.82) is 0 Å². The molecular formula is C10H8F2O2. The highest BCUT2D eigenvalue weighted by atomic mass is 19.3. The summed E-state index contributed by atoms with van der Waals surface area (Å²) in [7, 11) is 0. The Hall–Kier alpha value is -1.71. The molecule has 1 rings (SSSR count). The van der Waals surface area contributed by atoms with Crippen molar-refractivity contribution in [1.82, 2.24) is 0 Å². The number of carbonyl (C=O) groups is 1. The SMILES string of the molecule is O=CC=Cc1ccc(OC(F)F)cc1. The molecule has 1 aromatic rings. The van der Waals surface area contributed by atoms with Gasteiger partial charge in [-0.1, -0.05) is 18.2 Å². The van der Waals surface area contributed by atoms with Crippen molar-refractivity contribution in [3.05, 3.63) is 35.9 Å². The topological polar surface area (TPSA) is 26.3 Å². The van der Waals surface area contributed by atoms with Crippen LogP contribution >= 0.6 is 0 Å². The van der Waals surface area contributed by atoms with Gasteiger partial charge in [-0.25, -0.2) is 0 Å². The van der Waals surface area contributed by atoms with Gasteiger partial charge in [0, 0.05) is 0 Å². The molecule has 0 aliphatic carbocycles. The molecule has 0 radical (unpaired) electrons. The molecular weight excluding hydrogens is 190 g/mol. The van der Waals surface area contributed by atoms with Gasteiger partial charge in [0.1, 0.15) is 12.0 Å². The number of alkyl halides is 2. The normalized spacial score (nSPS) is 10.8. The highest BCUT2D eigenvalue weighted by Gasteiger charge is 2.02. The van der Waals surface area contributed by atoms with Crippen LogP contribution in [0.4, 0.5) is 8.78 Å². The number of ether oxygens (including phenoxy) is 1. The van der Waals surface area contributed by atoms with E-state index in [0.29, 0.717) is 6.29 Å². The standard InChI is InChI=1S/C10H8F2O2/c11-10(12)14-9-5-3-8(4-6-9)2-1-7-13/h1-7,10H. The molecule has 0 aromatic heterocycles. The van der Waals surface area contributed by atoms with Crippen molar-refractivity contribution in [2.75, 3.05) is 0 Å². The first kappa shape index (κ1) is 10.4. The molecule has 0 fully saturated rings. The number of hydrogen-bond donors (Lipinski definition) is 0. The van der Waals surface area contributed by atoms with Gasteiger partial charge in [0.2, 0.25) is 0 Å². The number of benzene rings is 1. The van der Waals surface area contributed by atoms with Gasteiger partial charge < -0.3 is 4.74 Å². The Morgan fingerprint density at radius 2 is 1.86 bits per heavy atom. The van der Waals surface area contributed by atoms with Crippen LogP contribution in [0.2, 0.25) is 0 Å². The molecule has 0 amide bonds. The minimum absolute atomic E-state index is 0.100. The highest BCUT2D eigenvalue weighted by Crippen LogP contribution is 2.15. The van der Waals surface area contributed by atoms with Crippen LogP contribution in [-0.2, 0) is 4.79 Å². The minimum atomic E-state index is -2.81. The average Bonchev–Trinajstić information content (AvgIpc) is 2.16. The molecule has 4 heteroatoms. The van der Waals surface area contributed by atoms with Crippen molar-refractivity contribution in [3.63, 3.8) is 0 Å². The molecule has 0 atom stereocenters. The van der Waals surface area contributed by atoms with E-state index in [1.54, 1.807) is 18.2 Å². The molecule has 0 saturated heterocycles. The lowest BCUT2D eigenvalue weighted by molar-refractivity contribution is -0.104. The largest absolute Gasteiger partial charge is 0.435 e. The lowest BCUT2D eigenvalue weighted by atomic mass is 10.2. The van der Waals surface area contributed by atoms with Crippen LogP contribution < -0.4 is 4.74 Å². The van der Waals surface area contributed by atoms with E-state index >= 15 is 0 Å². The number of aldehydes is 1. The first-order chi connectivity index (χ1) is 6.72. The molecule has 0 aliphatic heterocycles. The second kappa shape index (κ2) is 5.11. The maximum absolute atomic E-state index is 11.7. The zero-order valence-corrected chi connectivity index (χ0v) is 7.19. The third-order valence-electron chi connectivity index (χ3n) is 1.47. The van der Waals surface area contributed by atoms with E-state index in [0.717, 1.165) is 5.56 Å². The Balaban J connectivity index is 2.68. The Morgan fingerprint density at radius 1 is 1.21 bits per heavy atom. The fraction of sp³-hybridized carbons (Fsp3) is 0.100. The molecule has 2 nitrogen and oxygen atoms in total. The van der Waals surface area contributed by atoms with Gasteiger partial charge in [0.25, 0.3) is 0 Å². The summed E-state index contributed by atoms with van der Waals surface area (Å²) in [5.41, 5.74) is 0.749. The molecule has 0 bridgehead atoms. The molecule has 1 aromatic carbocycles. The van der Waals surface area contributed by atoms with E-state index in [-0.39, 0.29) is 5.75 Å². The highest BCUT2D eigenvalue weighted by molar-refractivity contribution is 5.73. The van der Waals surface area contributed by atoms with Gasteiger partial charge in [-0.2, -0.15) is 8.78 Å². The van der Waals surface area contributed by atoms with Crippen molar-refractivity contribution < 1.29 is 18.3 Å². The second-order valence-electron chi connectivity index (χ2n) is 2.44. The van der Waals surface area contributed by atoms with Crippen molar-refractivity contribution >= 4 is 12.4 Å². The first-order valence-corrected chi connectivity index (χ1v) is 3.89. The third kappa shape index (κ3) is 3.35. The Morgan fingerprint density at radius 3 is 2.36 bits per heavy atom. The number of halogens is 2. The zero-order valence-electron chi connectivity index (χ0n) is 7.19. The summed E-state index contributed by atoms with van der Waals surface area (Å²) in [6, 6.07) is 5.99. The number of rotatable bonds is 4. The molecule has 14 heavy (non-hydrogen) atoms. The van der Waals surface area contributed by atoms with Crippen molar-refractivity contribution in [2.45, 2.75) is 6.61 Å². The van der Waals surface area contributed by atoms with Gasteiger partial charge >= 0.3 is 6.61 Å². The van der Waals surface area contributed by atoms with Gasteiger partial charge in [-0.15, -0.1) is 0 Å². The van der Waals surface area contributed by atoms with Crippen LogP contribution in [0, 0.1) is 0 Å². The molecule has 74 valence electrons. The monoisotopic (exact) mass is 198 g/mol. The molecule has 0 saturated carbocycles. The fourth-order valence-corrected chi connectivity index (χ4v) is 0.911. The maximum Gasteiger partial charge on any atom is 0.387 e. The van der Waals surface area contributed by atoms with Crippen molar-refractivity contribution in [2.24, 2.45) is 0 Å². The maximum atomic E-state index is 11.7. The van der Waals surface area contributed by atoms with E-state index in [2.05, 4.69) is 4.74 Å². The van der Waals surface area contributed by atoms with Crippen LogP contribution in [0.3, 0.4) is 0 Å². The van der Waals surface area contributed by atoms with Crippen LogP contribution in [0.15, 0.2) is 30.3 Å². The van der Waals surface area contributed by atoms with E-state index in [1.807, 2.05) is 0 Å².